The number of fused-ring (bicyclic) bond motifs is 1. The molecule has 0 aliphatic carbocycles. The number of benzene rings is 1. The first-order valence-electron chi connectivity index (χ1n) is 5.11. The first-order valence-corrected chi connectivity index (χ1v) is 6.76. The van der Waals surface area contributed by atoms with Crippen LogP contribution in [0.4, 0.5) is 0 Å². The monoisotopic (exact) mass is 225 g/mol. The fourth-order valence-electron chi connectivity index (χ4n) is 2.30. The van der Waals surface area contributed by atoms with Gasteiger partial charge in [-0.1, -0.05) is 19.1 Å². The Bertz CT molecular complexity index is 479. The molecule has 15 heavy (non-hydrogen) atoms. The minimum absolute atomic E-state index is 0.104. The highest BCUT2D eigenvalue weighted by Gasteiger charge is 2.33. The topological polar surface area (TPSA) is 60.2 Å². The SMILES string of the molecule is CC1CS(=O)(=O)c2cccc(CCN)c21. The summed E-state index contributed by atoms with van der Waals surface area (Å²) in [5.74, 6) is 0.344. The Morgan fingerprint density at radius 3 is 2.87 bits per heavy atom. The third-order valence-corrected chi connectivity index (χ3v) is 4.83. The summed E-state index contributed by atoms with van der Waals surface area (Å²) in [7, 11) is -3.04. The molecule has 0 saturated carbocycles. The first kappa shape index (κ1) is 10.6. The van der Waals surface area contributed by atoms with Gasteiger partial charge in [0.25, 0.3) is 0 Å². The molecule has 1 atom stereocenters. The van der Waals surface area contributed by atoms with Crippen LogP contribution in [0.3, 0.4) is 0 Å². The summed E-state index contributed by atoms with van der Waals surface area (Å²) in [4.78, 5) is 0.515. The van der Waals surface area contributed by atoms with Crippen LogP contribution >= 0.6 is 0 Å². The highest BCUT2D eigenvalue weighted by Crippen LogP contribution is 2.36. The molecular weight excluding hydrogens is 210 g/mol. The Kier molecular flexibility index (Phi) is 2.56. The van der Waals surface area contributed by atoms with Crippen LogP contribution < -0.4 is 5.73 Å². The van der Waals surface area contributed by atoms with E-state index in [1.807, 2.05) is 13.0 Å². The molecule has 0 spiro atoms. The summed E-state index contributed by atoms with van der Waals surface area (Å²) in [6.07, 6.45) is 0.753. The van der Waals surface area contributed by atoms with Gasteiger partial charge >= 0.3 is 0 Å². The van der Waals surface area contributed by atoms with Gasteiger partial charge in [0.05, 0.1) is 10.6 Å². The third kappa shape index (κ3) is 1.68. The zero-order valence-electron chi connectivity index (χ0n) is 8.73. The number of sulfone groups is 1. The van der Waals surface area contributed by atoms with Crippen LogP contribution in [0.2, 0.25) is 0 Å². The molecule has 1 aromatic rings. The van der Waals surface area contributed by atoms with E-state index in [0.29, 0.717) is 11.4 Å². The summed E-state index contributed by atoms with van der Waals surface area (Å²) in [6, 6.07) is 5.48. The van der Waals surface area contributed by atoms with E-state index in [0.717, 1.165) is 17.5 Å². The van der Waals surface area contributed by atoms with Gasteiger partial charge < -0.3 is 5.73 Å². The predicted molar refractivity (Wildman–Crippen MR) is 59.7 cm³/mol. The van der Waals surface area contributed by atoms with Crippen molar-refractivity contribution in [3.05, 3.63) is 29.3 Å². The van der Waals surface area contributed by atoms with Crippen LogP contribution in [-0.2, 0) is 16.3 Å². The first-order chi connectivity index (χ1) is 7.06. The second-order valence-corrected chi connectivity index (χ2v) is 6.05. The van der Waals surface area contributed by atoms with Crippen LogP contribution in [0, 0.1) is 0 Å². The smallest absolute Gasteiger partial charge is 0.179 e. The fraction of sp³-hybridized carbons (Fsp3) is 0.455. The summed E-state index contributed by atoms with van der Waals surface area (Å²) in [5.41, 5.74) is 7.59. The lowest BCUT2D eigenvalue weighted by Crippen LogP contribution is -2.06. The van der Waals surface area contributed by atoms with Gasteiger partial charge in [0.15, 0.2) is 9.84 Å². The van der Waals surface area contributed by atoms with Gasteiger partial charge in [0.1, 0.15) is 0 Å². The van der Waals surface area contributed by atoms with Gasteiger partial charge in [-0.3, -0.25) is 0 Å². The summed E-state index contributed by atoms with van der Waals surface area (Å²) < 4.78 is 23.6. The van der Waals surface area contributed by atoms with Gasteiger partial charge in [-0.2, -0.15) is 0 Å². The van der Waals surface area contributed by atoms with Crippen LogP contribution in [0.25, 0.3) is 0 Å². The summed E-state index contributed by atoms with van der Waals surface area (Å²) >= 11 is 0. The van der Waals surface area contributed by atoms with E-state index >= 15 is 0 Å². The van der Waals surface area contributed by atoms with E-state index in [2.05, 4.69) is 0 Å². The Morgan fingerprint density at radius 1 is 1.47 bits per heavy atom. The van der Waals surface area contributed by atoms with Gasteiger partial charge in [0.2, 0.25) is 0 Å². The maximum Gasteiger partial charge on any atom is 0.179 e. The minimum atomic E-state index is -3.04. The van der Waals surface area contributed by atoms with Crippen molar-refractivity contribution >= 4 is 9.84 Å². The third-order valence-electron chi connectivity index (χ3n) is 2.87. The lowest BCUT2D eigenvalue weighted by molar-refractivity contribution is 0.598. The second-order valence-electron chi connectivity index (χ2n) is 4.05. The van der Waals surface area contributed by atoms with Crippen molar-refractivity contribution in [3.8, 4) is 0 Å². The molecule has 2 N–H and O–H groups in total. The largest absolute Gasteiger partial charge is 0.330 e. The molecule has 0 bridgehead atoms. The zero-order chi connectivity index (χ0) is 11.1. The highest BCUT2D eigenvalue weighted by molar-refractivity contribution is 7.91. The van der Waals surface area contributed by atoms with Gasteiger partial charge in [-0.25, -0.2) is 8.42 Å². The molecular formula is C11H15NO2S. The Morgan fingerprint density at radius 2 is 2.20 bits per heavy atom. The second kappa shape index (κ2) is 3.61. The molecule has 0 saturated heterocycles. The van der Waals surface area contributed by atoms with E-state index in [1.54, 1.807) is 12.1 Å². The Balaban J connectivity index is 2.62. The lowest BCUT2D eigenvalue weighted by atomic mass is 9.95. The Labute approximate surface area is 90.2 Å². The maximum absolute atomic E-state index is 11.8. The van der Waals surface area contributed by atoms with Crippen LogP contribution in [0.5, 0.6) is 0 Å². The standard InChI is InChI=1S/C11H15NO2S/c1-8-7-15(13,14)10-4-2-3-9(5-6-12)11(8)10/h2-4,8H,5-7,12H2,1H3. The summed E-state index contributed by atoms with van der Waals surface area (Å²) in [6.45, 7) is 2.52. The van der Waals surface area contributed by atoms with Crippen LogP contribution in [-0.4, -0.2) is 20.7 Å². The minimum Gasteiger partial charge on any atom is -0.330 e. The molecule has 1 aliphatic rings. The van der Waals surface area contributed by atoms with Gasteiger partial charge in [-0.05, 0) is 36.1 Å². The number of hydrogen-bond donors (Lipinski definition) is 1. The van der Waals surface area contributed by atoms with Crippen LogP contribution in [0.15, 0.2) is 23.1 Å². The van der Waals surface area contributed by atoms with E-state index in [1.165, 1.54) is 0 Å². The molecule has 0 fully saturated rings. The molecule has 3 nitrogen and oxygen atoms in total. The highest BCUT2D eigenvalue weighted by atomic mass is 32.2. The molecule has 1 heterocycles. The molecule has 4 heteroatoms. The molecule has 0 aromatic heterocycles. The van der Waals surface area contributed by atoms with Crippen molar-refractivity contribution in [2.75, 3.05) is 12.3 Å². The molecule has 0 amide bonds. The average molecular weight is 225 g/mol. The molecule has 2 rings (SSSR count). The van der Waals surface area contributed by atoms with Crippen molar-refractivity contribution in [1.82, 2.24) is 0 Å². The van der Waals surface area contributed by atoms with Crippen molar-refractivity contribution in [1.29, 1.82) is 0 Å². The predicted octanol–water partition coefficient (Wildman–Crippen LogP) is 1.08. The van der Waals surface area contributed by atoms with Crippen molar-refractivity contribution in [2.24, 2.45) is 5.73 Å². The average Bonchev–Trinajstić information content (AvgIpc) is 2.39. The molecule has 1 aromatic carbocycles. The molecule has 82 valence electrons. The fourth-order valence-corrected chi connectivity index (χ4v) is 4.25. The van der Waals surface area contributed by atoms with Crippen molar-refractivity contribution < 1.29 is 8.42 Å². The normalized spacial score (nSPS) is 22.7. The zero-order valence-corrected chi connectivity index (χ0v) is 9.55. The van der Waals surface area contributed by atoms with Gasteiger partial charge in [0, 0.05) is 0 Å². The van der Waals surface area contributed by atoms with Crippen molar-refractivity contribution in [2.45, 2.75) is 24.2 Å². The van der Waals surface area contributed by atoms with Gasteiger partial charge in [-0.15, -0.1) is 0 Å². The van der Waals surface area contributed by atoms with Crippen molar-refractivity contribution in [3.63, 3.8) is 0 Å². The van der Waals surface area contributed by atoms with E-state index in [-0.39, 0.29) is 11.7 Å². The maximum atomic E-state index is 11.8. The number of rotatable bonds is 2. The van der Waals surface area contributed by atoms with E-state index in [9.17, 15) is 8.42 Å². The molecule has 0 radical (unpaired) electrons. The quantitative estimate of drug-likeness (QED) is 0.819. The number of hydrogen-bond acceptors (Lipinski definition) is 3. The molecule has 1 aliphatic heterocycles. The Hall–Kier alpha value is -0.870. The summed E-state index contributed by atoms with van der Waals surface area (Å²) in [5, 5.41) is 0. The molecule has 1 unspecified atom stereocenters. The van der Waals surface area contributed by atoms with E-state index < -0.39 is 9.84 Å². The number of nitrogens with two attached hydrogens (primary N) is 1. The van der Waals surface area contributed by atoms with Crippen LogP contribution in [0.1, 0.15) is 24.0 Å². The van der Waals surface area contributed by atoms with E-state index in [4.69, 9.17) is 5.73 Å². The lowest BCUT2D eigenvalue weighted by Gasteiger charge is -2.09.